The van der Waals surface area contributed by atoms with Crippen molar-refractivity contribution in [3.8, 4) is 0 Å². The fourth-order valence-electron chi connectivity index (χ4n) is 4.67. The number of carbonyl (C=O) groups excluding carboxylic acids is 1. The van der Waals surface area contributed by atoms with Crippen LogP contribution < -0.4 is 0 Å². The van der Waals surface area contributed by atoms with E-state index in [1.54, 1.807) is 0 Å². The monoisotopic (exact) mass is 466 g/mol. The van der Waals surface area contributed by atoms with Gasteiger partial charge in [-0.3, -0.25) is 4.79 Å². The molecule has 0 bridgehead atoms. The summed E-state index contributed by atoms with van der Waals surface area (Å²) in [7, 11) is 0. The lowest BCUT2D eigenvalue weighted by Gasteiger charge is -2.06. The first-order chi connectivity index (χ1) is 16.3. The van der Waals surface area contributed by atoms with Crippen LogP contribution in [0.15, 0.2) is 0 Å². The van der Waals surface area contributed by atoms with Crippen LogP contribution in [0.2, 0.25) is 0 Å². The second-order valence-corrected chi connectivity index (χ2v) is 10.5. The van der Waals surface area contributed by atoms with Crippen molar-refractivity contribution in [2.45, 2.75) is 187 Å². The first-order valence-corrected chi connectivity index (χ1v) is 15.5. The third kappa shape index (κ3) is 29.4. The van der Waals surface area contributed by atoms with Gasteiger partial charge < -0.3 is 4.74 Å². The maximum atomic E-state index is 11.8. The maximum Gasteiger partial charge on any atom is 0.305 e. The minimum atomic E-state index is 0.0248. The molecule has 0 amide bonds. The van der Waals surface area contributed by atoms with Crippen LogP contribution in [0, 0.1) is 0 Å². The van der Waals surface area contributed by atoms with Crippen LogP contribution in [0.5, 0.6) is 0 Å². The molecule has 0 saturated carbocycles. The van der Waals surface area contributed by atoms with E-state index in [4.69, 9.17) is 4.74 Å². The Morgan fingerprint density at radius 3 is 1.00 bits per heavy atom. The summed E-state index contributed by atoms with van der Waals surface area (Å²) in [6.07, 6.45) is 35.7. The van der Waals surface area contributed by atoms with Crippen LogP contribution in [0.25, 0.3) is 0 Å². The first kappa shape index (κ1) is 32.5. The number of esters is 1. The molecule has 0 rings (SSSR count). The molecule has 0 aromatic carbocycles. The number of hydrogen-bond acceptors (Lipinski definition) is 2. The summed E-state index contributed by atoms with van der Waals surface area (Å²) in [6.45, 7) is 5.20. The molecule has 0 aromatic rings. The quantitative estimate of drug-likeness (QED) is 0.0846. The molecule has 0 fully saturated rings. The second-order valence-electron chi connectivity index (χ2n) is 10.5. The van der Waals surface area contributed by atoms with Crippen molar-refractivity contribution in [2.24, 2.45) is 0 Å². The van der Waals surface area contributed by atoms with E-state index in [0.717, 1.165) is 12.8 Å². The fourth-order valence-corrected chi connectivity index (χ4v) is 4.67. The van der Waals surface area contributed by atoms with Gasteiger partial charge in [-0.15, -0.1) is 0 Å². The van der Waals surface area contributed by atoms with E-state index in [0.29, 0.717) is 13.0 Å². The first-order valence-electron chi connectivity index (χ1n) is 15.5. The Hall–Kier alpha value is -0.530. The molecule has 2 nitrogen and oxygen atoms in total. The third-order valence-corrected chi connectivity index (χ3v) is 7.00. The Morgan fingerprint density at radius 2 is 0.667 bits per heavy atom. The summed E-state index contributed by atoms with van der Waals surface area (Å²) in [5.74, 6) is 0.0248. The predicted molar refractivity (Wildman–Crippen MR) is 147 cm³/mol. The van der Waals surface area contributed by atoms with Gasteiger partial charge in [0.25, 0.3) is 0 Å². The van der Waals surface area contributed by atoms with E-state index >= 15 is 0 Å². The van der Waals surface area contributed by atoms with Gasteiger partial charge in [-0.05, 0) is 12.8 Å². The van der Waals surface area contributed by atoms with Gasteiger partial charge in [0.05, 0.1) is 6.61 Å². The average molecular weight is 467 g/mol. The van der Waals surface area contributed by atoms with Crippen molar-refractivity contribution < 1.29 is 9.53 Å². The van der Waals surface area contributed by atoms with Gasteiger partial charge in [0.2, 0.25) is 0 Å². The lowest BCUT2D eigenvalue weighted by Crippen LogP contribution is -2.05. The maximum absolute atomic E-state index is 11.8. The minimum absolute atomic E-state index is 0.0248. The molecule has 0 radical (unpaired) electrons. The Morgan fingerprint density at radius 1 is 0.394 bits per heavy atom. The van der Waals surface area contributed by atoms with Crippen LogP contribution in [0.1, 0.15) is 187 Å². The van der Waals surface area contributed by atoms with E-state index in [1.807, 2.05) is 0 Å². The molecule has 0 heterocycles. The summed E-state index contributed by atoms with van der Waals surface area (Å²) in [6, 6.07) is 0. The van der Waals surface area contributed by atoms with E-state index in [9.17, 15) is 4.79 Å². The molecule has 0 N–H and O–H groups in total. The molecule has 0 aliphatic rings. The van der Waals surface area contributed by atoms with Crippen LogP contribution in [-0.4, -0.2) is 12.6 Å². The van der Waals surface area contributed by atoms with Crippen LogP contribution in [-0.2, 0) is 9.53 Å². The largest absolute Gasteiger partial charge is 0.466 e. The Kier molecular flexibility index (Phi) is 29.0. The van der Waals surface area contributed by atoms with Crippen LogP contribution in [0.3, 0.4) is 0 Å². The molecule has 0 spiro atoms. The zero-order valence-electron chi connectivity index (χ0n) is 23.1. The zero-order chi connectivity index (χ0) is 24.1. The van der Waals surface area contributed by atoms with Gasteiger partial charge in [-0.25, -0.2) is 0 Å². The SMILES string of the molecule is CCCCCCCCCCCCCCCCCC(=O)OCCCCCCCCCCCCC. The lowest BCUT2D eigenvalue weighted by molar-refractivity contribution is -0.143. The molecular formula is C31H62O2. The highest BCUT2D eigenvalue weighted by atomic mass is 16.5. The number of carbonyl (C=O) groups is 1. The van der Waals surface area contributed by atoms with Crippen molar-refractivity contribution in [3.63, 3.8) is 0 Å². The Bertz CT molecular complexity index is 366. The van der Waals surface area contributed by atoms with E-state index in [2.05, 4.69) is 13.8 Å². The molecular weight excluding hydrogens is 404 g/mol. The fraction of sp³-hybridized carbons (Fsp3) is 0.968. The molecule has 0 saturated heterocycles. The van der Waals surface area contributed by atoms with Crippen molar-refractivity contribution in [1.82, 2.24) is 0 Å². The number of hydrogen-bond donors (Lipinski definition) is 0. The summed E-state index contributed by atoms with van der Waals surface area (Å²) < 4.78 is 5.40. The summed E-state index contributed by atoms with van der Waals surface area (Å²) >= 11 is 0. The number of ether oxygens (including phenoxy) is 1. The molecule has 33 heavy (non-hydrogen) atoms. The van der Waals surface area contributed by atoms with Gasteiger partial charge in [0, 0.05) is 6.42 Å². The summed E-state index contributed by atoms with van der Waals surface area (Å²) in [5, 5.41) is 0. The normalized spacial score (nSPS) is 11.2. The molecule has 0 aliphatic carbocycles. The summed E-state index contributed by atoms with van der Waals surface area (Å²) in [4.78, 5) is 11.8. The highest BCUT2D eigenvalue weighted by Gasteiger charge is 2.02. The third-order valence-electron chi connectivity index (χ3n) is 7.00. The van der Waals surface area contributed by atoms with E-state index in [-0.39, 0.29) is 5.97 Å². The number of rotatable bonds is 28. The van der Waals surface area contributed by atoms with Gasteiger partial charge in [0.15, 0.2) is 0 Å². The molecule has 0 aromatic heterocycles. The molecule has 0 aliphatic heterocycles. The van der Waals surface area contributed by atoms with Crippen molar-refractivity contribution in [2.75, 3.05) is 6.61 Å². The lowest BCUT2D eigenvalue weighted by atomic mass is 10.0. The minimum Gasteiger partial charge on any atom is -0.466 e. The Balaban J connectivity index is 3.13. The Labute approximate surface area is 209 Å². The van der Waals surface area contributed by atoms with Crippen molar-refractivity contribution in [1.29, 1.82) is 0 Å². The zero-order valence-corrected chi connectivity index (χ0v) is 23.1. The van der Waals surface area contributed by atoms with Crippen LogP contribution in [0.4, 0.5) is 0 Å². The van der Waals surface area contributed by atoms with Crippen molar-refractivity contribution >= 4 is 5.97 Å². The topological polar surface area (TPSA) is 26.3 Å². The average Bonchev–Trinajstić information content (AvgIpc) is 2.82. The van der Waals surface area contributed by atoms with Crippen molar-refractivity contribution in [3.05, 3.63) is 0 Å². The highest BCUT2D eigenvalue weighted by molar-refractivity contribution is 5.69. The predicted octanol–water partition coefficient (Wildman–Crippen LogP) is 11.1. The molecule has 198 valence electrons. The summed E-state index contributed by atoms with van der Waals surface area (Å²) in [5.41, 5.74) is 0. The molecule has 0 unspecified atom stereocenters. The van der Waals surface area contributed by atoms with E-state index < -0.39 is 0 Å². The molecule has 2 heteroatoms. The van der Waals surface area contributed by atoms with Gasteiger partial charge in [-0.1, -0.05) is 168 Å². The van der Waals surface area contributed by atoms with Gasteiger partial charge in [-0.2, -0.15) is 0 Å². The van der Waals surface area contributed by atoms with E-state index in [1.165, 1.54) is 154 Å². The highest BCUT2D eigenvalue weighted by Crippen LogP contribution is 2.14. The van der Waals surface area contributed by atoms with Gasteiger partial charge >= 0.3 is 5.97 Å². The standard InChI is InChI=1S/C31H62O2/c1-3-5-7-9-11-13-15-16-17-18-19-21-23-25-27-29-31(32)33-30-28-26-24-22-20-14-12-10-8-6-4-2/h3-30H2,1-2H3. The van der Waals surface area contributed by atoms with Crippen LogP contribution >= 0.6 is 0 Å². The smallest absolute Gasteiger partial charge is 0.305 e. The second kappa shape index (κ2) is 29.5. The molecule has 0 atom stereocenters. The number of unbranched alkanes of at least 4 members (excludes halogenated alkanes) is 24. The van der Waals surface area contributed by atoms with Gasteiger partial charge in [0.1, 0.15) is 0 Å².